The predicted molar refractivity (Wildman–Crippen MR) is 84.2 cm³/mol. The predicted octanol–water partition coefficient (Wildman–Crippen LogP) is 4.83. The summed E-state index contributed by atoms with van der Waals surface area (Å²) in [7, 11) is 0. The van der Waals surface area contributed by atoms with E-state index in [1.165, 1.54) is 11.1 Å². The molecule has 1 aromatic carbocycles. The third kappa shape index (κ3) is 3.65. The highest BCUT2D eigenvalue weighted by atomic mass is 35.5. The molecule has 0 fully saturated rings. The molecule has 2 aromatic rings. The largest absolute Gasteiger partial charge is 0.453 e. The van der Waals surface area contributed by atoms with Crippen molar-refractivity contribution in [1.82, 2.24) is 5.32 Å². The van der Waals surface area contributed by atoms with Gasteiger partial charge in [-0.2, -0.15) is 0 Å². The van der Waals surface area contributed by atoms with E-state index in [0.29, 0.717) is 11.1 Å². The Bertz CT molecular complexity index is 547. The maximum atomic E-state index is 6.14. The second-order valence-corrected chi connectivity index (χ2v) is 5.83. The van der Waals surface area contributed by atoms with E-state index in [0.717, 1.165) is 18.5 Å². The molecule has 0 aliphatic heterocycles. The Morgan fingerprint density at radius 3 is 2.65 bits per heavy atom. The average Bonchev–Trinajstić information content (AvgIpc) is 2.81. The summed E-state index contributed by atoms with van der Waals surface area (Å²) in [5.41, 5.74) is 3.59. The topological polar surface area (TPSA) is 25.2 Å². The van der Waals surface area contributed by atoms with Crippen LogP contribution in [-0.4, -0.2) is 6.54 Å². The molecule has 2 rings (SSSR count). The van der Waals surface area contributed by atoms with Gasteiger partial charge in [-0.25, -0.2) is 0 Å². The van der Waals surface area contributed by atoms with Crippen molar-refractivity contribution in [3.05, 3.63) is 58.5 Å². The molecule has 3 heteroatoms. The summed E-state index contributed by atoms with van der Waals surface area (Å²) in [6.45, 7) is 7.45. The van der Waals surface area contributed by atoms with E-state index >= 15 is 0 Å². The number of halogens is 1. The summed E-state index contributed by atoms with van der Waals surface area (Å²) in [4.78, 5) is 0. The van der Waals surface area contributed by atoms with Crippen molar-refractivity contribution in [3.63, 3.8) is 0 Å². The fraction of sp³-hybridized carbons (Fsp3) is 0.412. The Kier molecular flexibility index (Phi) is 5.27. The first kappa shape index (κ1) is 15.1. The molecule has 0 bridgehead atoms. The molecule has 1 atom stereocenters. The fourth-order valence-electron chi connectivity index (χ4n) is 2.49. The van der Waals surface area contributed by atoms with Gasteiger partial charge >= 0.3 is 0 Å². The lowest BCUT2D eigenvalue weighted by Crippen LogP contribution is -2.22. The molecule has 0 amide bonds. The molecule has 1 aromatic heterocycles. The van der Waals surface area contributed by atoms with E-state index in [2.05, 4.69) is 50.4 Å². The number of benzene rings is 1. The molecule has 1 heterocycles. The van der Waals surface area contributed by atoms with Gasteiger partial charge in [-0.3, -0.25) is 0 Å². The van der Waals surface area contributed by atoms with Gasteiger partial charge in [-0.1, -0.05) is 45.0 Å². The molecule has 0 aliphatic rings. The van der Waals surface area contributed by atoms with Gasteiger partial charge in [0, 0.05) is 5.56 Å². The van der Waals surface area contributed by atoms with E-state index < -0.39 is 0 Å². The van der Waals surface area contributed by atoms with E-state index in [9.17, 15) is 0 Å². The van der Waals surface area contributed by atoms with Crippen molar-refractivity contribution in [1.29, 1.82) is 0 Å². The van der Waals surface area contributed by atoms with Gasteiger partial charge in [0.1, 0.15) is 0 Å². The van der Waals surface area contributed by atoms with Crippen LogP contribution in [0.2, 0.25) is 5.22 Å². The van der Waals surface area contributed by atoms with Crippen molar-refractivity contribution in [2.75, 3.05) is 6.54 Å². The summed E-state index contributed by atoms with van der Waals surface area (Å²) in [5, 5.41) is 3.94. The zero-order chi connectivity index (χ0) is 14.5. The van der Waals surface area contributed by atoms with Gasteiger partial charge in [0.05, 0.1) is 12.3 Å². The van der Waals surface area contributed by atoms with Crippen LogP contribution in [0.25, 0.3) is 0 Å². The molecule has 1 unspecified atom stereocenters. The molecule has 108 valence electrons. The molecule has 0 saturated heterocycles. The van der Waals surface area contributed by atoms with Crippen LogP contribution in [0.5, 0.6) is 0 Å². The Labute approximate surface area is 126 Å². The molecule has 1 N–H and O–H groups in total. The second-order valence-electron chi connectivity index (χ2n) is 5.48. The first-order chi connectivity index (χ1) is 9.61. The SMILES string of the molecule is CCNC(c1cccc(CC(C)C)c1)c1ccoc1Cl. The zero-order valence-electron chi connectivity index (χ0n) is 12.3. The van der Waals surface area contributed by atoms with Crippen molar-refractivity contribution < 1.29 is 4.42 Å². The highest BCUT2D eigenvalue weighted by Crippen LogP contribution is 2.29. The Morgan fingerprint density at radius 1 is 1.25 bits per heavy atom. The van der Waals surface area contributed by atoms with Crippen LogP contribution < -0.4 is 5.32 Å². The molecule has 0 spiro atoms. The summed E-state index contributed by atoms with van der Waals surface area (Å²) in [6.07, 6.45) is 2.73. The second kappa shape index (κ2) is 6.96. The van der Waals surface area contributed by atoms with Crippen LogP contribution in [0.3, 0.4) is 0 Å². The van der Waals surface area contributed by atoms with Crippen LogP contribution in [0, 0.1) is 5.92 Å². The van der Waals surface area contributed by atoms with Gasteiger partial charge in [0.15, 0.2) is 5.22 Å². The lowest BCUT2D eigenvalue weighted by molar-refractivity contribution is 0.555. The van der Waals surface area contributed by atoms with Crippen LogP contribution >= 0.6 is 11.6 Å². The number of furan rings is 1. The van der Waals surface area contributed by atoms with Crippen molar-refractivity contribution in [2.45, 2.75) is 33.2 Å². The molecular formula is C17H22ClNO. The van der Waals surface area contributed by atoms with Gasteiger partial charge in [0.25, 0.3) is 0 Å². The van der Waals surface area contributed by atoms with Crippen LogP contribution in [-0.2, 0) is 6.42 Å². The minimum absolute atomic E-state index is 0.0818. The smallest absolute Gasteiger partial charge is 0.198 e. The lowest BCUT2D eigenvalue weighted by Gasteiger charge is -2.18. The van der Waals surface area contributed by atoms with E-state index in [1.54, 1.807) is 6.26 Å². The first-order valence-electron chi connectivity index (χ1n) is 7.17. The summed E-state index contributed by atoms with van der Waals surface area (Å²) < 4.78 is 5.23. The number of nitrogens with one attached hydrogen (secondary N) is 1. The summed E-state index contributed by atoms with van der Waals surface area (Å²) in [5.74, 6) is 0.653. The molecule has 0 aliphatic carbocycles. The minimum atomic E-state index is 0.0818. The highest BCUT2D eigenvalue weighted by molar-refractivity contribution is 6.29. The van der Waals surface area contributed by atoms with Crippen molar-refractivity contribution in [3.8, 4) is 0 Å². The normalized spacial score (nSPS) is 12.8. The number of hydrogen-bond donors (Lipinski definition) is 1. The molecule has 20 heavy (non-hydrogen) atoms. The average molecular weight is 292 g/mol. The lowest BCUT2D eigenvalue weighted by atomic mass is 9.96. The third-order valence-corrected chi connectivity index (χ3v) is 3.60. The van der Waals surface area contributed by atoms with Gasteiger partial charge in [0.2, 0.25) is 0 Å². The molecular weight excluding hydrogens is 270 g/mol. The van der Waals surface area contributed by atoms with Crippen LogP contribution in [0.4, 0.5) is 0 Å². The number of hydrogen-bond acceptors (Lipinski definition) is 2. The van der Waals surface area contributed by atoms with Gasteiger partial charge in [-0.15, -0.1) is 0 Å². The standard InChI is InChI=1S/C17H22ClNO/c1-4-19-16(15-8-9-20-17(15)18)14-7-5-6-13(11-14)10-12(2)3/h5-9,11-12,16,19H,4,10H2,1-3H3. The monoisotopic (exact) mass is 291 g/mol. The quantitative estimate of drug-likeness (QED) is 0.824. The van der Waals surface area contributed by atoms with Crippen molar-refractivity contribution >= 4 is 11.6 Å². The van der Waals surface area contributed by atoms with E-state index in [1.807, 2.05) is 6.07 Å². The first-order valence-corrected chi connectivity index (χ1v) is 7.54. The van der Waals surface area contributed by atoms with Crippen LogP contribution in [0.15, 0.2) is 41.0 Å². The maximum Gasteiger partial charge on any atom is 0.198 e. The highest BCUT2D eigenvalue weighted by Gasteiger charge is 2.18. The van der Waals surface area contributed by atoms with Gasteiger partial charge < -0.3 is 9.73 Å². The van der Waals surface area contributed by atoms with Crippen LogP contribution in [0.1, 0.15) is 43.5 Å². The summed E-state index contributed by atoms with van der Waals surface area (Å²) in [6, 6.07) is 10.7. The van der Waals surface area contributed by atoms with Crippen molar-refractivity contribution in [2.24, 2.45) is 5.92 Å². The summed E-state index contributed by atoms with van der Waals surface area (Å²) >= 11 is 6.14. The zero-order valence-corrected chi connectivity index (χ0v) is 13.1. The third-order valence-electron chi connectivity index (χ3n) is 3.29. The molecule has 2 nitrogen and oxygen atoms in total. The Balaban J connectivity index is 2.32. The fourth-order valence-corrected chi connectivity index (χ4v) is 2.72. The van der Waals surface area contributed by atoms with E-state index in [4.69, 9.17) is 16.0 Å². The number of rotatable bonds is 6. The minimum Gasteiger partial charge on any atom is -0.453 e. The molecule has 0 radical (unpaired) electrons. The Hall–Kier alpha value is -1.25. The molecule has 0 saturated carbocycles. The Morgan fingerprint density at radius 2 is 2.05 bits per heavy atom. The van der Waals surface area contributed by atoms with Gasteiger partial charge in [-0.05, 0) is 47.7 Å². The maximum absolute atomic E-state index is 6.14. The van der Waals surface area contributed by atoms with E-state index in [-0.39, 0.29) is 6.04 Å².